The molecular weight excluding hydrogens is 480 g/mol. The molecule has 1 spiro atoms. The molecule has 0 unspecified atom stereocenters. The molecule has 0 radical (unpaired) electrons. The number of benzene rings is 3. The predicted molar refractivity (Wildman–Crippen MR) is 146 cm³/mol. The van der Waals surface area contributed by atoms with Gasteiger partial charge in [-0.05, 0) is 56.2 Å². The first-order valence-corrected chi connectivity index (χ1v) is 13.0. The lowest BCUT2D eigenvalue weighted by Crippen LogP contribution is -2.46. The Bertz CT molecular complexity index is 1310. The number of aliphatic hydroxyl groups is 2. The van der Waals surface area contributed by atoms with Gasteiger partial charge in [-0.3, -0.25) is 14.5 Å². The summed E-state index contributed by atoms with van der Waals surface area (Å²) in [5.41, 5.74) is 1.16. The Morgan fingerprint density at radius 2 is 1.68 bits per heavy atom. The minimum Gasteiger partial charge on any atom is -0.396 e. The number of anilines is 3. The molecule has 7 heteroatoms. The van der Waals surface area contributed by atoms with Gasteiger partial charge in [0.05, 0.1) is 23.9 Å². The molecule has 2 aliphatic heterocycles. The molecule has 4 atom stereocenters. The summed E-state index contributed by atoms with van der Waals surface area (Å²) in [7, 11) is 0. The molecule has 0 aliphatic carbocycles. The molecule has 2 heterocycles. The Morgan fingerprint density at radius 3 is 2.29 bits per heavy atom. The zero-order valence-electron chi connectivity index (χ0n) is 21.9. The van der Waals surface area contributed by atoms with Crippen LogP contribution in [0.2, 0.25) is 0 Å². The second kappa shape index (κ2) is 9.98. The monoisotopic (exact) mass is 514 g/mol. The van der Waals surface area contributed by atoms with Crippen LogP contribution in [0.3, 0.4) is 0 Å². The molecule has 1 fully saturated rings. The highest BCUT2D eigenvalue weighted by atomic mass is 16.5. The quantitative estimate of drug-likeness (QED) is 0.431. The maximum atomic E-state index is 14.4. The Kier molecular flexibility index (Phi) is 6.86. The van der Waals surface area contributed by atoms with Crippen molar-refractivity contribution in [2.45, 2.75) is 51.0 Å². The van der Waals surface area contributed by atoms with Gasteiger partial charge in [0, 0.05) is 35.4 Å². The summed E-state index contributed by atoms with van der Waals surface area (Å²) >= 11 is 0. The topological polar surface area (TPSA) is 90.3 Å². The normalized spacial score (nSPS) is 24.6. The Morgan fingerprint density at radius 1 is 1.03 bits per heavy atom. The van der Waals surface area contributed by atoms with Crippen LogP contribution in [0.5, 0.6) is 0 Å². The lowest BCUT2D eigenvalue weighted by molar-refractivity contribution is -0.146. The van der Waals surface area contributed by atoms with Crippen LogP contribution in [0.15, 0.2) is 78.9 Å². The van der Waals surface area contributed by atoms with Crippen LogP contribution in [-0.2, 0) is 26.5 Å². The highest BCUT2D eigenvalue weighted by molar-refractivity contribution is 6.08. The molecule has 0 saturated carbocycles. The van der Waals surface area contributed by atoms with Crippen molar-refractivity contribution in [3.05, 3.63) is 90.0 Å². The van der Waals surface area contributed by atoms with Gasteiger partial charge in [-0.25, -0.2) is 0 Å². The van der Waals surface area contributed by atoms with E-state index in [2.05, 4.69) is 0 Å². The van der Waals surface area contributed by atoms with E-state index in [-0.39, 0.29) is 12.5 Å². The lowest BCUT2D eigenvalue weighted by atomic mass is 9.71. The van der Waals surface area contributed by atoms with Crippen molar-refractivity contribution in [3.8, 4) is 0 Å². The summed E-state index contributed by atoms with van der Waals surface area (Å²) in [6, 6.07) is 24.6. The third-order valence-electron chi connectivity index (χ3n) is 7.98. The fourth-order valence-corrected chi connectivity index (χ4v) is 6.39. The summed E-state index contributed by atoms with van der Waals surface area (Å²) in [5.74, 6) is -1.00. The van der Waals surface area contributed by atoms with Crippen molar-refractivity contribution in [1.82, 2.24) is 0 Å². The number of carbonyl (C=O) groups is 2. The molecule has 38 heavy (non-hydrogen) atoms. The van der Waals surface area contributed by atoms with Crippen LogP contribution in [0, 0.1) is 11.8 Å². The van der Waals surface area contributed by atoms with Crippen LogP contribution >= 0.6 is 0 Å². The van der Waals surface area contributed by atoms with Gasteiger partial charge < -0.3 is 19.8 Å². The van der Waals surface area contributed by atoms with E-state index in [9.17, 15) is 19.8 Å². The number of para-hydroxylation sites is 1. The first-order chi connectivity index (χ1) is 18.2. The van der Waals surface area contributed by atoms with Crippen LogP contribution in [0.1, 0.15) is 38.3 Å². The number of ether oxygens (including phenoxy) is 1. The molecule has 3 aromatic rings. The number of hydrogen-bond donors (Lipinski definition) is 2. The van der Waals surface area contributed by atoms with Gasteiger partial charge in [0.25, 0.3) is 5.91 Å². The van der Waals surface area contributed by atoms with E-state index >= 15 is 0 Å². The molecule has 1 saturated heterocycles. The van der Waals surface area contributed by atoms with Gasteiger partial charge in [-0.1, -0.05) is 55.5 Å². The molecule has 3 aromatic carbocycles. The van der Waals surface area contributed by atoms with Crippen molar-refractivity contribution in [1.29, 1.82) is 0 Å². The van der Waals surface area contributed by atoms with E-state index in [1.165, 1.54) is 4.90 Å². The summed E-state index contributed by atoms with van der Waals surface area (Å²) in [4.78, 5) is 29.9. The first kappa shape index (κ1) is 26.1. The van der Waals surface area contributed by atoms with Crippen molar-refractivity contribution in [2.75, 3.05) is 16.4 Å². The van der Waals surface area contributed by atoms with E-state index < -0.39 is 29.1 Å². The number of amides is 2. The highest BCUT2D eigenvalue weighted by Crippen LogP contribution is 2.58. The van der Waals surface area contributed by atoms with E-state index in [4.69, 9.17) is 4.74 Å². The summed E-state index contributed by atoms with van der Waals surface area (Å²) in [6.07, 6.45) is 0.533. The number of aliphatic hydroxyl groups excluding tert-OH is 1. The van der Waals surface area contributed by atoms with E-state index in [1.807, 2.05) is 85.8 Å². The summed E-state index contributed by atoms with van der Waals surface area (Å²) in [6.45, 7) is 5.63. The second-order valence-corrected chi connectivity index (χ2v) is 10.8. The number of rotatable bonds is 8. The van der Waals surface area contributed by atoms with Gasteiger partial charge in [-0.2, -0.15) is 0 Å². The Hall–Kier alpha value is -3.52. The van der Waals surface area contributed by atoms with Crippen LogP contribution < -0.4 is 9.80 Å². The van der Waals surface area contributed by atoms with E-state index in [0.717, 1.165) is 12.0 Å². The molecule has 7 nitrogen and oxygen atoms in total. The van der Waals surface area contributed by atoms with Crippen molar-refractivity contribution in [3.63, 3.8) is 0 Å². The second-order valence-electron chi connectivity index (χ2n) is 10.8. The molecular formula is C31H34N2O5. The van der Waals surface area contributed by atoms with Crippen LogP contribution in [0.4, 0.5) is 17.1 Å². The molecule has 2 aliphatic rings. The summed E-state index contributed by atoms with van der Waals surface area (Å²) in [5, 5.41) is 21.0. The molecule has 0 aromatic heterocycles. The SMILES string of the molecule is C[C@@H]1[C@@H](C(C)(C)O)[C@H](CCO)O[C@@]12C(=O)N(Cc1ccccc1)c1ccc(N(C=O)c3ccccc3)cc12. The van der Waals surface area contributed by atoms with Crippen molar-refractivity contribution >= 4 is 29.4 Å². The third-order valence-corrected chi connectivity index (χ3v) is 7.98. The molecule has 0 bridgehead atoms. The molecule has 2 amide bonds. The fourth-order valence-electron chi connectivity index (χ4n) is 6.39. The zero-order valence-corrected chi connectivity index (χ0v) is 21.9. The highest BCUT2D eigenvalue weighted by Gasteiger charge is 2.65. The minimum absolute atomic E-state index is 0.123. The largest absolute Gasteiger partial charge is 0.396 e. The number of carbonyl (C=O) groups excluding carboxylic acids is 2. The van der Waals surface area contributed by atoms with Gasteiger partial charge >= 0.3 is 0 Å². The van der Waals surface area contributed by atoms with E-state index in [0.29, 0.717) is 35.6 Å². The van der Waals surface area contributed by atoms with Crippen LogP contribution in [0.25, 0.3) is 0 Å². The average Bonchev–Trinajstić information content (AvgIpc) is 3.33. The minimum atomic E-state index is -1.37. The van der Waals surface area contributed by atoms with Crippen molar-refractivity contribution < 1.29 is 24.5 Å². The number of fused-ring (bicyclic) bond motifs is 2. The van der Waals surface area contributed by atoms with Gasteiger partial charge in [0.15, 0.2) is 5.60 Å². The molecule has 2 N–H and O–H groups in total. The molecule has 5 rings (SSSR count). The number of hydrogen-bond acceptors (Lipinski definition) is 5. The Labute approximate surface area is 223 Å². The summed E-state index contributed by atoms with van der Waals surface area (Å²) < 4.78 is 6.66. The fraction of sp³-hybridized carbons (Fsp3) is 0.355. The zero-order chi connectivity index (χ0) is 27.1. The van der Waals surface area contributed by atoms with Gasteiger partial charge in [0.1, 0.15) is 0 Å². The predicted octanol–water partition coefficient (Wildman–Crippen LogP) is 4.53. The molecule has 198 valence electrons. The third kappa shape index (κ3) is 4.21. The first-order valence-electron chi connectivity index (χ1n) is 13.0. The van der Waals surface area contributed by atoms with E-state index in [1.54, 1.807) is 18.7 Å². The maximum Gasteiger partial charge on any atom is 0.264 e. The van der Waals surface area contributed by atoms with Crippen molar-refractivity contribution in [2.24, 2.45) is 11.8 Å². The van der Waals surface area contributed by atoms with Crippen LogP contribution in [-0.4, -0.2) is 40.8 Å². The number of nitrogens with zero attached hydrogens (tertiary/aromatic N) is 2. The lowest BCUT2D eigenvalue weighted by Gasteiger charge is -2.34. The van der Waals surface area contributed by atoms with Gasteiger partial charge in [0.2, 0.25) is 6.41 Å². The smallest absolute Gasteiger partial charge is 0.264 e. The average molecular weight is 515 g/mol. The van der Waals surface area contributed by atoms with Gasteiger partial charge in [-0.15, -0.1) is 0 Å². The Balaban J connectivity index is 1.67. The standard InChI is InChI=1S/C31H34N2O5/c1-21-28(30(2,3)37)27(16-17-34)38-31(21)25-18-24(33(20-35)23-12-8-5-9-13-23)14-15-26(25)32(29(31)36)19-22-10-6-4-7-11-22/h4-15,18,20-21,27-28,34,37H,16-17,19H2,1-3H3/t21-,27+,28-,31+/m1/s1. The maximum absolute atomic E-state index is 14.4.